The summed E-state index contributed by atoms with van der Waals surface area (Å²) in [5, 5.41) is 21.8. The van der Waals surface area contributed by atoms with Crippen molar-refractivity contribution in [2.45, 2.75) is 129 Å². The third kappa shape index (κ3) is 5.12. The number of aliphatic hydroxyl groups excluding tert-OH is 1. The maximum absolute atomic E-state index is 11.4. The van der Waals surface area contributed by atoms with Crippen LogP contribution < -0.4 is 0 Å². The van der Waals surface area contributed by atoms with Crippen molar-refractivity contribution in [3.63, 3.8) is 0 Å². The zero-order valence-electron chi connectivity index (χ0n) is 19.8. The molecule has 7 atom stereocenters. The molecular formula is C27H48O2. The van der Waals surface area contributed by atoms with Crippen LogP contribution in [-0.4, -0.2) is 21.9 Å². The summed E-state index contributed by atoms with van der Waals surface area (Å²) in [7, 11) is 0. The summed E-state index contributed by atoms with van der Waals surface area (Å²) in [6, 6.07) is 0. The average Bonchev–Trinajstić information content (AvgIpc) is 3.05. The smallest absolute Gasteiger partial charge is 0.0653 e. The highest BCUT2D eigenvalue weighted by atomic mass is 16.3. The van der Waals surface area contributed by atoms with Crippen LogP contribution >= 0.6 is 0 Å². The van der Waals surface area contributed by atoms with Crippen molar-refractivity contribution in [3.05, 3.63) is 11.6 Å². The van der Waals surface area contributed by atoms with Crippen LogP contribution in [0.2, 0.25) is 0 Å². The molecule has 3 unspecified atom stereocenters. The maximum Gasteiger partial charge on any atom is 0.0653 e. The number of hydrogen-bond donors (Lipinski definition) is 2. The van der Waals surface area contributed by atoms with Crippen LogP contribution in [0.25, 0.3) is 0 Å². The predicted octanol–water partition coefficient (Wildman–Crippen LogP) is 7.04. The molecule has 0 aromatic rings. The van der Waals surface area contributed by atoms with E-state index in [1.54, 1.807) is 0 Å². The van der Waals surface area contributed by atoms with E-state index in [0.29, 0.717) is 11.3 Å². The van der Waals surface area contributed by atoms with Gasteiger partial charge in [0.05, 0.1) is 11.7 Å². The number of aliphatic hydroxyl groups is 2. The molecule has 3 aliphatic rings. The molecule has 2 saturated carbocycles. The Kier molecular flexibility index (Phi) is 7.93. The predicted molar refractivity (Wildman–Crippen MR) is 123 cm³/mol. The topological polar surface area (TPSA) is 40.5 Å². The number of hydrogen-bond acceptors (Lipinski definition) is 2. The molecule has 0 aliphatic heterocycles. The van der Waals surface area contributed by atoms with Crippen LogP contribution in [-0.2, 0) is 0 Å². The zero-order chi connectivity index (χ0) is 21.1. The maximum atomic E-state index is 11.4. The van der Waals surface area contributed by atoms with Crippen molar-refractivity contribution in [2.24, 2.45) is 29.1 Å². The summed E-state index contributed by atoms with van der Waals surface area (Å²) in [5.41, 5.74) is 1.35. The van der Waals surface area contributed by atoms with Crippen molar-refractivity contribution in [1.82, 2.24) is 0 Å². The highest BCUT2D eigenvalue weighted by Crippen LogP contribution is 2.63. The first kappa shape index (κ1) is 23.3. The fourth-order valence-corrected chi connectivity index (χ4v) is 7.64. The summed E-state index contributed by atoms with van der Waals surface area (Å²) in [6.45, 7) is 9.11. The molecule has 2 nitrogen and oxygen atoms in total. The molecule has 0 spiro atoms. The lowest BCUT2D eigenvalue weighted by atomic mass is 9.53. The minimum Gasteiger partial charge on any atom is -0.393 e. The van der Waals surface area contributed by atoms with Gasteiger partial charge in [-0.15, -0.1) is 0 Å². The van der Waals surface area contributed by atoms with Crippen molar-refractivity contribution >= 4 is 0 Å². The first-order chi connectivity index (χ1) is 13.8. The molecule has 29 heavy (non-hydrogen) atoms. The molecule has 2 fully saturated rings. The van der Waals surface area contributed by atoms with E-state index in [1.807, 2.05) is 0 Å². The molecule has 0 radical (unpaired) electrons. The van der Waals surface area contributed by atoms with E-state index in [-0.39, 0.29) is 6.10 Å². The summed E-state index contributed by atoms with van der Waals surface area (Å²) in [5.74, 6) is 2.88. The van der Waals surface area contributed by atoms with Gasteiger partial charge in [0.1, 0.15) is 0 Å². The Morgan fingerprint density at radius 1 is 1.14 bits per heavy atom. The highest BCUT2D eigenvalue weighted by molar-refractivity contribution is 5.15. The Labute approximate surface area is 180 Å². The molecular weight excluding hydrogens is 356 g/mol. The molecule has 0 aromatic heterocycles. The van der Waals surface area contributed by atoms with E-state index in [0.717, 1.165) is 43.4 Å². The van der Waals surface area contributed by atoms with Gasteiger partial charge >= 0.3 is 0 Å². The van der Waals surface area contributed by atoms with Gasteiger partial charge in [-0.3, -0.25) is 0 Å². The average molecular weight is 405 g/mol. The standard InChI is InChI=1S/C27H48O2/c1-5-7-9-16-27(4,29)25-14-13-24-23-12-11-20(19-22(28)10-8-6-2)18-21(23)15-17-26(24,25)3/h11,21-25,28-29H,5-10,12-19H2,1-4H3/t21?,22-,23?,24?,25-,26-,27-/m0/s1. The summed E-state index contributed by atoms with van der Waals surface area (Å²) in [6.07, 6.45) is 18.7. The fourth-order valence-electron chi connectivity index (χ4n) is 7.64. The molecule has 0 saturated heterocycles. The van der Waals surface area contributed by atoms with Crippen LogP contribution in [0.5, 0.6) is 0 Å². The van der Waals surface area contributed by atoms with E-state index in [1.165, 1.54) is 69.8 Å². The lowest BCUT2D eigenvalue weighted by Gasteiger charge is -2.52. The van der Waals surface area contributed by atoms with Crippen LogP contribution in [0.15, 0.2) is 11.6 Å². The first-order valence-electron chi connectivity index (χ1n) is 12.9. The van der Waals surface area contributed by atoms with Crippen LogP contribution in [0, 0.1) is 29.1 Å². The minimum absolute atomic E-state index is 0.138. The summed E-state index contributed by atoms with van der Waals surface area (Å²) < 4.78 is 0. The van der Waals surface area contributed by atoms with Crippen molar-refractivity contribution in [1.29, 1.82) is 0 Å². The third-order valence-corrected chi connectivity index (χ3v) is 9.21. The van der Waals surface area contributed by atoms with Crippen LogP contribution in [0.1, 0.15) is 118 Å². The van der Waals surface area contributed by atoms with E-state index < -0.39 is 5.60 Å². The SMILES string of the molecule is CCCCC[C@](C)(O)[C@H]1CCC2C3CC=C(C[C@@H](O)CCCC)CC3CC[C@@]21C. The van der Waals surface area contributed by atoms with Gasteiger partial charge in [0.25, 0.3) is 0 Å². The Morgan fingerprint density at radius 3 is 2.62 bits per heavy atom. The Balaban J connectivity index is 1.63. The molecule has 0 aromatic carbocycles. The quantitative estimate of drug-likeness (QED) is 0.303. The van der Waals surface area contributed by atoms with E-state index in [9.17, 15) is 10.2 Å². The van der Waals surface area contributed by atoms with Gasteiger partial charge in [-0.1, -0.05) is 64.5 Å². The molecule has 0 bridgehead atoms. The number of allylic oxidation sites excluding steroid dienone is 1. The second kappa shape index (κ2) is 9.86. The van der Waals surface area contributed by atoms with Crippen molar-refractivity contribution in [3.8, 4) is 0 Å². The molecule has 3 rings (SSSR count). The molecule has 0 heterocycles. The van der Waals surface area contributed by atoms with Gasteiger partial charge in [0.2, 0.25) is 0 Å². The van der Waals surface area contributed by atoms with E-state index in [4.69, 9.17) is 0 Å². The lowest BCUT2D eigenvalue weighted by molar-refractivity contribution is -0.0898. The Hall–Kier alpha value is -0.340. The largest absolute Gasteiger partial charge is 0.393 e. The second-order valence-corrected chi connectivity index (χ2v) is 11.3. The summed E-state index contributed by atoms with van der Waals surface area (Å²) in [4.78, 5) is 0. The molecule has 2 heteroatoms. The van der Waals surface area contributed by atoms with Gasteiger partial charge in [-0.2, -0.15) is 0 Å². The molecule has 0 amide bonds. The van der Waals surface area contributed by atoms with Gasteiger partial charge in [-0.25, -0.2) is 0 Å². The Bertz CT molecular complexity index is 551. The second-order valence-electron chi connectivity index (χ2n) is 11.3. The Morgan fingerprint density at radius 2 is 1.90 bits per heavy atom. The van der Waals surface area contributed by atoms with E-state index >= 15 is 0 Å². The zero-order valence-corrected chi connectivity index (χ0v) is 19.8. The normalized spacial score (nSPS) is 37.4. The van der Waals surface area contributed by atoms with Crippen molar-refractivity contribution < 1.29 is 10.2 Å². The molecule has 168 valence electrons. The van der Waals surface area contributed by atoms with E-state index in [2.05, 4.69) is 33.8 Å². The first-order valence-corrected chi connectivity index (χ1v) is 12.9. The van der Waals surface area contributed by atoms with Crippen molar-refractivity contribution in [2.75, 3.05) is 0 Å². The monoisotopic (exact) mass is 404 g/mol. The van der Waals surface area contributed by atoms with Gasteiger partial charge in [0, 0.05) is 0 Å². The number of rotatable bonds is 10. The fraction of sp³-hybridized carbons (Fsp3) is 0.926. The third-order valence-electron chi connectivity index (χ3n) is 9.21. The number of unbranched alkanes of at least 4 members (excludes halogenated alkanes) is 3. The van der Waals surface area contributed by atoms with Crippen LogP contribution in [0.4, 0.5) is 0 Å². The molecule has 2 N–H and O–H groups in total. The van der Waals surface area contributed by atoms with Gasteiger partial charge in [0.15, 0.2) is 0 Å². The number of fused-ring (bicyclic) bond motifs is 3. The van der Waals surface area contributed by atoms with Gasteiger partial charge in [-0.05, 0) is 93.8 Å². The minimum atomic E-state index is -0.495. The molecule has 3 aliphatic carbocycles. The van der Waals surface area contributed by atoms with Crippen LogP contribution in [0.3, 0.4) is 0 Å². The summed E-state index contributed by atoms with van der Waals surface area (Å²) >= 11 is 0. The van der Waals surface area contributed by atoms with Gasteiger partial charge < -0.3 is 10.2 Å². The lowest BCUT2D eigenvalue weighted by Crippen LogP contribution is -2.48. The highest BCUT2D eigenvalue weighted by Gasteiger charge is 2.57.